The zero-order valence-corrected chi connectivity index (χ0v) is 12.9. The minimum Gasteiger partial charge on any atom is -0.398 e. The first-order valence-electron chi connectivity index (χ1n) is 7.04. The third kappa shape index (κ3) is 5.83. The molecule has 0 heterocycles. The van der Waals surface area contributed by atoms with Gasteiger partial charge in [-0.2, -0.15) is 0 Å². The normalized spacial score (nSPS) is 10.5. The van der Waals surface area contributed by atoms with Gasteiger partial charge >= 0.3 is 0 Å². The van der Waals surface area contributed by atoms with E-state index in [2.05, 4.69) is 10.6 Å². The van der Waals surface area contributed by atoms with Gasteiger partial charge in [-0.25, -0.2) is 0 Å². The average Bonchev–Trinajstić information content (AvgIpc) is 2.41. The molecule has 0 unspecified atom stereocenters. The summed E-state index contributed by atoms with van der Waals surface area (Å²) in [7, 11) is 1.73. The minimum absolute atomic E-state index is 0.0766. The molecule has 0 aliphatic rings. The van der Waals surface area contributed by atoms with E-state index in [4.69, 9.17) is 5.73 Å². The van der Waals surface area contributed by atoms with Gasteiger partial charge in [-0.1, -0.05) is 13.0 Å². The number of carbonyl (C=O) groups excluding carboxylic acids is 2. The number of nitrogens with one attached hydrogen (secondary N) is 2. The van der Waals surface area contributed by atoms with Crippen LogP contribution < -0.4 is 16.4 Å². The molecule has 0 fully saturated rings. The highest BCUT2D eigenvalue weighted by atomic mass is 16.2. The number of hydrogen-bond donors (Lipinski definition) is 3. The lowest BCUT2D eigenvalue weighted by Gasteiger charge is -2.16. The Morgan fingerprint density at radius 1 is 1.24 bits per heavy atom. The van der Waals surface area contributed by atoms with Crippen LogP contribution in [0.4, 0.5) is 11.4 Å². The first-order valence-corrected chi connectivity index (χ1v) is 7.04. The second kappa shape index (κ2) is 8.26. The summed E-state index contributed by atoms with van der Waals surface area (Å²) in [5, 5.41) is 5.58. The smallest absolute Gasteiger partial charge is 0.238 e. The fourth-order valence-corrected chi connectivity index (χ4v) is 1.85. The topological polar surface area (TPSA) is 87.5 Å². The molecule has 0 saturated carbocycles. The fourth-order valence-electron chi connectivity index (χ4n) is 1.85. The summed E-state index contributed by atoms with van der Waals surface area (Å²) in [6.07, 6.45) is 0.893. The third-order valence-corrected chi connectivity index (χ3v) is 3.05. The summed E-state index contributed by atoms with van der Waals surface area (Å²) >= 11 is 0. The van der Waals surface area contributed by atoms with Gasteiger partial charge in [-0.05, 0) is 38.1 Å². The second-order valence-electron chi connectivity index (χ2n) is 5.09. The van der Waals surface area contributed by atoms with E-state index in [0.29, 0.717) is 17.9 Å². The summed E-state index contributed by atoms with van der Waals surface area (Å²) in [6, 6.07) is 5.38. The zero-order valence-electron chi connectivity index (χ0n) is 12.9. The van der Waals surface area contributed by atoms with E-state index >= 15 is 0 Å². The number of nitrogens with two attached hydrogens (primary N) is 1. The van der Waals surface area contributed by atoms with Crippen molar-refractivity contribution in [3.8, 4) is 0 Å². The predicted molar refractivity (Wildman–Crippen MR) is 85.0 cm³/mol. The van der Waals surface area contributed by atoms with Crippen molar-refractivity contribution in [3.05, 3.63) is 23.8 Å². The van der Waals surface area contributed by atoms with Crippen LogP contribution in [0.25, 0.3) is 0 Å². The molecule has 0 aliphatic carbocycles. The largest absolute Gasteiger partial charge is 0.398 e. The number of carbonyl (C=O) groups is 2. The average molecular weight is 292 g/mol. The van der Waals surface area contributed by atoms with Crippen molar-refractivity contribution in [1.82, 2.24) is 10.2 Å². The van der Waals surface area contributed by atoms with Gasteiger partial charge in [0.1, 0.15) is 0 Å². The number of likely N-dealkylation sites (N-methyl/N-ethyl adjacent to an activating group) is 1. The SMILES string of the molecule is CCCNC(=O)CN(C)CC(=O)Nc1cccc(N)c1C. The van der Waals surface area contributed by atoms with Crippen molar-refractivity contribution in [2.75, 3.05) is 37.7 Å². The molecule has 0 bridgehead atoms. The molecule has 0 radical (unpaired) electrons. The maximum absolute atomic E-state index is 12.0. The molecule has 0 saturated heterocycles. The molecule has 2 amide bonds. The van der Waals surface area contributed by atoms with E-state index in [1.807, 2.05) is 13.8 Å². The summed E-state index contributed by atoms with van der Waals surface area (Å²) in [5.41, 5.74) is 7.97. The van der Waals surface area contributed by atoms with Gasteiger partial charge in [0.05, 0.1) is 13.1 Å². The predicted octanol–water partition coefficient (Wildman–Crippen LogP) is 0.974. The Kier molecular flexibility index (Phi) is 6.68. The maximum atomic E-state index is 12.0. The quantitative estimate of drug-likeness (QED) is 0.654. The Hall–Kier alpha value is -2.08. The Bertz CT molecular complexity index is 502. The summed E-state index contributed by atoms with van der Waals surface area (Å²) in [5.74, 6) is -0.248. The van der Waals surface area contributed by atoms with Crippen LogP contribution in [0.1, 0.15) is 18.9 Å². The number of nitrogen functional groups attached to an aromatic ring is 1. The number of rotatable bonds is 7. The van der Waals surface area contributed by atoms with Gasteiger partial charge in [0, 0.05) is 17.9 Å². The first-order chi connectivity index (χ1) is 9.93. The molecule has 0 aromatic heterocycles. The maximum Gasteiger partial charge on any atom is 0.238 e. The lowest BCUT2D eigenvalue weighted by molar-refractivity contribution is -0.122. The highest BCUT2D eigenvalue weighted by Gasteiger charge is 2.11. The van der Waals surface area contributed by atoms with Gasteiger partial charge in [0.25, 0.3) is 0 Å². The van der Waals surface area contributed by atoms with Crippen LogP contribution in [0.3, 0.4) is 0 Å². The lowest BCUT2D eigenvalue weighted by atomic mass is 10.1. The first kappa shape index (κ1) is 17.0. The molecule has 116 valence electrons. The number of anilines is 2. The molecule has 6 nitrogen and oxygen atoms in total. The molecular formula is C15H24N4O2. The van der Waals surface area contributed by atoms with Gasteiger partial charge in [0.15, 0.2) is 0 Å². The van der Waals surface area contributed by atoms with Crippen molar-refractivity contribution < 1.29 is 9.59 Å². The van der Waals surface area contributed by atoms with E-state index in [1.54, 1.807) is 30.1 Å². The fraction of sp³-hybridized carbons (Fsp3) is 0.467. The molecule has 21 heavy (non-hydrogen) atoms. The number of hydrogen-bond acceptors (Lipinski definition) is 4. The van der Waals surface area contributed by atoms with Gasteiger partial charge in [0.2, 0.25) is 11.8 Å². The summed E-state index contributed by atoms with van der Waals surface area (Å²) in [6.45, 7) is 4.84. The van der Waals surface area contributed by atoms with Crippen molar-refractivity contribution >= 4 is 23.2 Å². The van der Waals surface area contributed by atoms with Crippen molar-refractivity contribution in [2.24, 2.45) is 0 Å². The van der Waals surface area contributed by atoms with Crippen LogP contribution in [-0.2, 0) is 9.59 Å². The number of benzene rings is 1. The Morgan fingerprint density at radius 3 is 2.57 bits per heavy atom. The van der Waals surface area contributed by atoms with Crippen molar-refractivity contribution in [2.45, 2.75) is 20.3 Å². The van der Waals surface area contributed by atoms with Crippen molar-refractivity contribution in [3.63, 3.8) is 0 Å². The lowest BCUT2D eigenvalue weighted by Crippen LogP contribution is -2.39. The molecule has 1 rings (SSSR count). The zero-order chi connectivity index (χ0) is 15.8. The Balaban J connectivity index is 2.46. The molecule has 4 N–H and O–H groups in total. The van der Waals surface area contributed by atoms with Gasteiger partial charge in [-0.3, -0.25) is 14.5 Å². The third-order valence-electron chi connectivity index (χ3n) is 3.05. The van der Waals surface area contributed by atoms with E-state index in [0.717, 1.165) is 12.0 Å². The van der Waals surface area contributed by atoms with Crippen LogP contribution in [0, 0.1) is 6.92 Å². The Labute approximate surface area is 125 Å². The molecule has 6 heteroatoms. The van der Waals surface area contributed by atoms with Crippen LogP contribution in [-0.4, -0.2) is 43.4 Å². The van der Waals surface area contributed by atoms with Crippen molar-refractivity contribution in [1.29, 1.82) is 0 Å². The highest BCUT2D eigenvalue weighted by Crippen LogP contribution is 2.20. The van der Waals surface area contributed by atoms with Gasteiger partial charge < -0.3 is 16.4 Å². The summed E-state index contributed by atoms with van der Waals surface area (Å²) < 4.78 is 0. The van der Waals surface area contributed by atoms with Gasteiger partial charge in [-0.15, -0.1) is 0 Å². The standard InChI is InChI=1S/C15H24N4O2/c1-4-8-17-14(20)9-19(3)10-15(21)18-13-7-5-6-12(16)11(13)2/h5-7H,4,8-10,16H2,1-3H3,(H,17,20)(H,18,21). The van der Waals surface area contributed by atoms with E-state index < -0.39 is 0 Å². The molecule has 0 spiro atoms. The van der Waals surface area contributed by atoms with E-state index in [1.165, 1.54) is 0 Å². The Morgan fingerprint density at radius 2 is 1.90 bits per heavy atom. The molecule has 0 atom stereocenters. The molecule has 1 aromatic carbocycles. The van der Waals surface area contributed by atoms with Crippen LogP contribution in [0.2, 0.25) is 0 Å². The number of amides is 2. The molecule has 0 aliphatic heterocycles. The highest BCUT2D eigenvalue weighted by molar-refractivity contribution is 5.94. The molecular weight excluding hydrogens is 268 g/mol. The summed E-state index contributed by atoms with van der Waals surface area (Å²) in [4.78, 5) is 25.2. The van der Waals surface area contributed by atoms with Crippen LogP contribution >= 0.6 is 0 Å². The second-order valence-corrected chi connectivity index (χ2v) is 5.09. The van der Waals surface area contributed by atoms with E-state index in [-0.39, 0.29) is 24.9 Å². The number of nitrogens with zero attached hydrogens (tertiary/aromatic N) is 1. The molecule has 1 aromatic rings. The van der Waals surface area contributed by atoms with Crippen LogP contribution in [0.5, 0.6) is 0 Å². The monoisotopic (exact) mass is 292 g/mol. The van der Waals surface area contributed by atoms with Crippen LogP contribution in [0.15, 0.2) is 18.2 Å². The minimum atomic E-state index is -0.172. The van der Waals surface area contributed by atoms with E-state index in [9.17, 15) is 9.59 Å².